The molecule has 3 N–H and O–H groups in total. The SMILES string of the molecule is COc1cc(N)ccc1NC(=O)CN1CCc2ccccc2C1. The summed E-state index contributed by atoms with van der Waals surface area (Å²) >= 11 is 0. The van der Waals surface area contributed by atoms with E-state index in [9.17, 15) is 4.79 Å². The lowest BCUT2D eigenvalue weighted by Crippen LogP contribution is -2.37. The number of amides is 1. The Morgan fingerprint density at radius 2 is 2.04 bits per heavy atom. The molecule has 1 aliphatic rings. The first-order chi connectivity index (χ1) is 11.2. The van der Waals surface area contributed by atoms with E-state index in [0.29, 0.717) is 23.7 Å². The Bertz CT molecular complexity index is 715. The summed E-state index contributed by atoms with van der Waals surface area (Å²) in [6.45, 7) is 2.06. The molecule has 0 aromatic heterocycles. The highest BCUT2D eigenvalue weighted by Crippen LogP contribution is 2.26. The number of methoxy groups -OCH3 is 1. The zero-order chi connectivity index (χ0) is 16.2. The molecule has 1 heterocycles. The Morgan fingerprint density at radius 1 is 1.26 bits per heavy atom. The predicted octanol–water partition coefficient (Wildman–Crippen LogP) is 2.27. The number of nitrogens with zero attached hydrogens (tertiary/aromatic N) is 1. The third kappa shape index (κ3) is 3.63. The molecule has 120 valence electrons. The molecule has 23 heavy (non-hydrogen) atoms. The van der Waals surface area contributed by atoms with Gasteiger partial charge >= 0.3 is 0 Å². The molecule has 0 saturated carbocycles. The number of carbonyl (C=O) groups excluding carboxylic acids is 1. The van der Waals surface area contributed by atoms with Crippen LogP contribution in [0.2, 0.25) is 0 Å². The number of hydrogen-bond donors (Lipinski definition) is 2. The largest absolute Gasteiger partial charge is 0.494 e. The number of hydrogen-bond acceptors (Lipinski definition) is 4. The molecule has 2 aromatic carbocycles. The summed E-state index contributed by atoms with van der Waals surface area (Å²) in [6.07, 6.45) is 0.981. The minimum absolute atomic E-state index is 0.0487. The van der Waals surface area contributed by atoms with Crippen LogP contribution in [0.15, 0.2) is 42.5 Å². The lowest BCUT2D eigenvalue weighted by Gasteiger charge is -2.28. The van der Waals surface area contributed by atoms with Gasteiger partial charge in [-0.15, -0.1) is 0 Å². The smallest absolute Gasteiger partial charge is 0.238 e. The average Bonchev–Trinajstić information content (AvgIpc) is 2.56. The monoisotopic (exact) mass is 311 g/mol. The highest BCUT2D eigenvalue weighted by atomic mass is 16.5. The highest BCUT2D eigenvalue weighted by Gasteiger charge is 2.18. The van der Waals surface area contributed by atoms with Crippen LogP contribution >= 0.6 is 0 Å². The van der Waals surface area contributed by atoms with Crippen LogP contribution in [0.25, 0.3) is 0 Å². The van der Waals surface area contributed by atoms with Crippen LogP contribution in [-0.4, -0.2) is 31.0 Å². The number of carbonyl (C=O) groups is 1. The number of nitrogens with two attached hydrogens (primary N) is 1. The Hall–Kier alpha value is -2.53. The lowest BCUT2D eigenvalue weighted by molar-refractivity contribution is -0.117. The van der Waals surface area contributed by atoms with E-state index in [1.54, 1.807) is 25.3 Å². The van der Waals surface area contributed by atoms with Gasteiger partial charge in [0.1, 0.15) is 5.75 Å². The van der Waals surface area contributed by atoms with Crippen LogP contribution in [0.4, 0.5) is 11.4 Å². The first kappa shape index (κ1) is 15.4. The normalized spacial score (nSPS) is 14.1. The average molecular weight is 311 g/mol. The van der Waals surface area contributed by atoms with Crippen molar-refractivity contribution < 1.29 is 9.53 Å². The summed E-state index contributed by atoms with van der Waals surface area (Å²) < 4.78 is 5.26. The maximum atomic E-state index is 12.3. The second kappa shape index (κ2) is 6.71. The van der Waals surface area contributed by atoms with Gasteiger partial charge in [0.15, 0.2) is 0 Å². The molecule has 0 atom stereocenters. The van der Waals surface area contributed by atoms with Gasteiger partial charge in [-0.25, -0.2) is 0 Å². The van der Waals surface area contributed by atoms with Crippen molar-refractivity contribution in [3.8, 4) is 5.75 Å². The van der Waals surface area contributed by atoms with Crippen molar-refractivity contribution in [2.75, 3.05) is 31.2 Å². The van der Waals surface area contributed by atoms with E-state index in [4.69, 9.17) is 10.5 Å². The Kier molecular flexibility index (Phi) is 4.48. The predicted molar refractivity (Wildman–Crippen MR) is 91.5 cm³/mol. The van der Waals surface area contributed by atoms with Crippen molar-refractivity contribution >= 4 is 17.3 Å². The number of fused-ring (bicyclic) bond motifs is 1. The van der Waals surface area contributed by atoms with Crippen molar-refractivity contribution in [2.45, 2.75) is 13.0 Å². The number of rotatable bonds is 4. The van der Waals surface area contributed by atoms with Gasteiger partial charge in [-0.05, 0) is 29.7 Å². The molecule has 0 spiro atoms. The van der Waals surface area contributed by atoms with Crippen LogP contribution in [0.5, 0.6) is 5.75 Å². The van der Waals surface area contributed by atoms with Crippen molar-refractivity contribution in [1.82, 2.24) is 4.90 Å². The van der Waals surface area contributed by atoms with Gasteiger partial charge in [-0.2, -0.15) is 0 Å². The molecular formula is C18H21N3O2. The van der Waals surface area contributed by atoms with E-state index in [0.717, 1.165) is 19.5 Å². The van der Waals surface area contributed by atoms with Crippen molar-refractivity contribution in [3.63, 3.8) is 0 Å². The number of nitrogen functional groups attached to an aromatic ring is 1. The summed E-state index contributed by atoms with van der Waals surface area (Å²) in [5.74, 6) is 0.523. The quantitative estimate of drug-likeness (QED) is 0.850. The second-order valence-electron chi connectivity index (χ2n) is 5.74. The fourth-order valence-corrected chi connectivity index (χ4v) is 2.89. The zero-order valence-electron chi connectivity index (χ0n) is 13.2. The minimum atomic E-state index is -0.0487. The molecule has 2 aromatic rings. The van der Waals surface area contributed by atoms with E-state index in [1.807, 2.05) is 6.07 Å². The Morgan fingerprint density at radius 3 is 2.83 bits per heavy atom. The molecule has 0 aliphatic carbocycles. The summed E-state index contributed by atoms with van der Waals surface area (Å²) in [6, 6.07) is 13.6. The molecule has 0 radical (unpaired) electrons. The molecule has 3 rings (SSSR count). The summed E-state index contributed by atoms with van der Waals surface area (Å²) in [4.78, 5) is 14.5. The molecule has 1 amide bonds. The molecule has 0 bridgehead atoms. The fourth-order valence-electron chi connectivity index (χ4n) is 2.89. The maximum Gasteiger partial charge on any atom is 0.238 e. The topological polar surface area (TPSA) is 67.6 Å². The molecular weight excluding hydrogens is 290 g/mol. The van der Waals surface area contributed by atoms with E-state index in [-0.39, 0.29) is 5.91 Å². The summed E-state index contributed by atoms with van der Waals surface area (Å²) in [5, 5.41) is 2.90. The fraction of sp³-hybridized carbons (Fsp3) is 0.278. The number of anilines is 2. The molecule has 5 heteroatoms. The third-order valence-corrected chi connectivity index (χ3v) is 4.08. The van der Waals surface area contributed by atoms with Gasteiger partial charge in [-0.1, -0.05) is 24.3 Å². The van der Waals surface area contributed by atoms with Crippen molar-refractivity contribution in [2.24, 2.45) is 0 Å². The van der Waals surface area contributed by atoms with Crippen LogP contribution in [0.1, 0.15) is 11.1 Å². The third-order valence-electron chi connectivity index (χ3n) is 4.08. The van der Waals surface area contributed by atoms with Crippen LogP contribution in [0, 0.1) is 0 Å². The first-order valence-electron chi connectivity index (χ1n) is 7.68. The van der Waals surface area contributed by atoms with E-state index < -0.39 is 0 Å². The van der Waals surface area contributed by atoms with E-state index in [1.165, 1.54) is 11.1 Å². The highest BCUT2D eigenvalue weighted by molar-refractivity contribution is 5.94. The number of ether oxygens (including phenoxy) is 1. The number of benzene rings is 2. The summed E-state index contributed by atoms with van der Waals surface area (Å²) in [5.41, 5.74) is 9.66. The molecule has 0 unspecified atom stereocenters. The van der Waals surface area contributed by atoms with Crippen molar-refractivity contribution in [3.05, 3.63) is 53.6 Å². The Labute approximate surface area is 136 Å². The van der Waals surface area contributed by atoms with Crippen LogP contribution in [0.3, 0.4) is 0 Å². The Balaban J connectivity index is 1.62. The van der Waals surface area contributed by atoms with E-state index >= 15 is 0 Å². The van der Waals surface area contributed by atoms with Gasteiger partial charge in [0.2, 0.25) is 5.91 Å². The molecule has 1 aliphatic heterocycles. The van der Waals surface area contributed by atoms with Gasteiger partial charge in [0, 0.05) is 24.8 Å². The van der Waals surface area contributed by atoms with Crippen LogP contribution in [-0.2, 0) is 17.8 Å². The van der Waals surface area contributed by atoms with Gasteiger partial charge in [-0.3, -0.25) is 9.69 Å². The van der Waals surface area contributed by atoms with E-state index in [2.05, 4.69) is 28.4 Å². The number of nitrogens with one attached hydrogen (secondary N) is 1. The van der Waals surface area contributed by atoms with Crippen molar-refractivity contribution in [1.29, 1.82) is 0 Å². The zero-order valence-corrected chi connectivity index (χ0v) is 13.2. The van der Waals surface area contributed by atoms with Gasteiger partial charge < -0.3 is 15.8 Å². The lowest BCUT2D eigenvalue weighted by atomic mass is 10.00. The second-order valence-corrected chi connectivity index (χ2v) is 5.74. The van der Waals surface area contributed by atoms with Gasteiger partial charge in [0.05, 0.1) is 19.3 Å². The molecule has 0 fully saturated rings. The first-order valence-corrected chi connectivity index (χ1v) is 7.68. The standard InChI is InChI=1S/C18H21N3O2/c1-23-17-10-15(19)6-7-16(17)20-18(22)12-21-9-8-13-4-2-3-5-14(13)11-21/h2-7,10H,8-9,11-12,19H2,1H3,(H,20,22). The summed E-state index contributed by atoms with van der Waals surface area (Å²) in [7, 11) is 1.56. The van der Waals surface area contributed by atoms with Crippen LogP contribution < -0.4 is 15.8 Å². The van der Waals surface area contributed by atoms with Gasteiger partial charge in [0.25, 0.3) is 0 Å². The minimum Gasteiger partial charge on any atom is -0.494 e. The molecule has 5 nitrogen and oxygen atoms in total. The maximum absolute atomic E-state index is 12.3. The molecule has 0 saturated heterocycles.